The van der Waals surface area contributed by atoms with Crippen LogP contribution in [-0.4, -0.2) is 27.0 Å². The second-order valence-corrected chi connectivity index (χ2v) is 7.51. The van der Waals surface area contributed by atoms with E-state index in [1.165, 1.54) is 0 Å². The van der Waals surface area contributed by atoms with Crippen LogP contribution in [-0.2, 0) is 13.1 Å². The first-order valence-corrected chi connectivity index (χ1v) is 10.1. The molecule has 0 spiro atoms. The van der Waals surface area contributed by atoms with Crippen LogP contribution in [0.4, 0.5) is 0 Å². The molecule has 0 aliphatic heterocycles. The van der Waals surface area contributed by atoms with Crippen molar-refractivity contribution in [3.8, 4) is 5.75 Å². The summed E-state index contributed by atoms with van der Waals surface area (Å²) < 4.78 is 9.04. The van der Waals surface area contributed by atoms with Gasteiger partial charge in [0.2, 0.25) is 5.62 Å². The van der Waals surface area contributed by atoms with Crippen molar-refractivity contribution in [3.05, 3.63) is 95.7 Å². The van der Waals surface area contributed by atoms with Crippen molar-refractivity contribution in [2.24, 2.45) is 0 Å². The highest BCUT2D eigenvalue weighted by Crippen LogP contribution is 2.24. The Morgan fingerprint density at radius 3 is 2.42 bits per heavy atom. The number of hydrogen-bond donors (Lipinski definition) is 2. The summed E-state index contributed by atoms with van der Waals surface area (Å²) in [5.74, 6) is 0.648. The fourth-order valence-corrected chi connectivity index (χ4v) is 4.07. The van der Waals surface area contributed by atoms with Crippen LogP contribution in [0.5, 0.6) is 5.75 Å². The van der Waals surface area contributed by atoms with E-state index >= 15 is 0 Å². The molecular weight excluding hydrogens is 388 g/mol. The maximum Gasteiger partial charge on any atom is 0.203 e. The molecule has 5 rings (SSSR count). The molecule has 0 amide bonds. The molecule has 0 radical (unpaired) electrons. The maximum absolute atomic E-state index is 13.3. The summed E-state index contributed by atoms with van der Waals surface area (Å²) in [6.07, 6.45) is 1.74. The number of para-hydroxylation sites is 2. The highest BCUT2D eigenvalue weighted by molar-refractivity contribution is 6.08. The van der Waals surface area contributed by atoms with Crippen LogP contribution in [0.2, 0.25) is 0 Å². The minimum Gasteiger partial charge on any atom is -0.497 e. The Labute approximate surface area is 178 Å². The molecule has 3 aromatic carbocycles. The van der Waals surface area contributed by atoms with E-state index in [2.05, 4.69) is 4.98 Å². The standard InChI is InChI=1S/C25H22N4O2/c1-31-18-11-12-21-19(13-18)20(14-27-21)24(30)16-29-23-10-6-5-9-22(23)28(25(29)26)15-17-7-3-2-4-8-17/h2-14,26-27H,15-16H2,1H3. The summed E-state index contributed by atoms with van der Waals surface area (Å²) in [6, 6.07) is 23.5. The minimum absolute atomic E-state index is 0.0550. The van der Waals surface area contributed by atoms with Gasteiger partial charge in [0, 0.05) is 22.7 Å². The molecule has 5 aromatic rings. The van der Waals surface area contributed by atoms with Crippen molar-refractivity contribution in [1.29, 1.82) is 5.41 Å². The van der Waals surface area contributed by atoms with Gasteiger partial charge in [0.15, 0.2) is 5.78 Å². The van der Waals surface area contributed by atoms with Crippen molar-refractivity contribution < 1.29 is 9.53 Å². The van der Waals surface area contributed by atoms with Gasteiger partial charge >= 0.3 is 0 Å². The summed E-state index contributed by atoms with van der Waals surface area (Å²) in [5, 5.41) is 9.64. The summed E-state index contributed by atoms with van der Waals surface area (Å²) in [5.41, 5.74) is 4.70. The number of nitrogens with one attached hydrogen (secondary N) is 2. The fraction of sp³-hybridized carbons (Fsp3) is 0.120. The SMILES string of the molecule is COc1ccc2[nH]cc(C(=O)Cn3c(=N)n(Cc4ccccc4)c4ccccc43)c2c1. The van der Waals surface area contributed by atoms with E-state index < -0.39 is 0 Å². The number of ether oxygens (including phenoxy) is 1. The number of carbonyl (C=O) groups excluding carboxylic acids is 1. The van der Waals surface area contributed by atoms with E-state index in [4.69, 9.17) is 10.1 Å². The maximum atomic E-state index is 13.3. The normalized spacial score (nSPS) is 11.3. The number of hydrogen-bond acceptors (Lipinski definition) is 3. The first kappa shape index (κ1) is 18.9. The summed E-state index contributed by atoms with van der Waals surface area (Å²) in [4.78, 5) is 16.4. The Morgan fingerprint density at radius 1 is 0.968 bits per heavy atom. The number of Topliss-reactive ketones (excluding diaryl/α,β-unsaturated/α-hetero) is 1. The molecular formula is C25H22N4O2. The third-order valence-electron chi connectivity index (χ3n) is 5.65. The van der Waals surface area contributed by atoms with Crippen molar-refractivity contribution >= 4 is 27.7 Å². The average Bonchev–Trinajstić information content (AvgIpc) is 3.34. The molecule has 0 unspecified atom stereocenters. The van der Waals surface area contributed by atoms with Crippen LogP contribution < -0.4 is 10.4 Å². The Morgan fingerprint density at radius 2 is 1.68 bits per heavy atom. The second kappa shape index (κ2) is 7.65. The number of fused-ring (bicyclic) bond motifs is 2. The zero-order valence-corrected chi connectivity index (χ0v) is 17.1. The lowest BCUT2D eigenvalue weighted by Crippen LogP contribution is -2.27. The third kappa shape index (κ3) is 3.32. The smallest absolute Gasteiger partial charge is 0.203 e. The largest absolute Gasteiger partial charge is 0.497 e. The van der Waals surface area contributed by atoms with Crippen LogP contribution >= 0.6 is 0 Å². The quantitative estimate of drug-likeness (QED) is 0.409. The van der Waals surface area contributed by atoms with Crippen LogP contribution in [0.3, 0.4) is 0 Å². The lowest BCUT2D eigenvalue weighted by molar-refractivity contribution is 0.0973. The average molecular weight is 410 g/mol. The molecule has 2 aromatic heterocycles. The monoisotopic (exact) mass is 410 g/mol. The van der Waals surface area contributed by atoms with E-state index in [0.29, 0.717) is 23.5 Å². The van der Waals surface area contributed by atoms with Crippen LogP contribution in [0, 0.1) is 5.41 Å². The number of benzene rings is 3. The highest BCUT2D eigenvalue weighted by atomic mass is 16.5. The van der Waals surface area contributed by atoms with Gasteiger partial charge in [0.25, 0.3) is 0 Å². The van der Waals surface area contributed by atoms with Gasteiger partial charge in [0.05, 0.1) is 31.2 Å². The number of aromatic amines is 1. The number of aromatic nitrogens is 3. The Kier molecular flexibility index (Phi) is 4.67. The lowest BCUT2D eigenvalue weighted by atomic mass is 10.1. The van der Waals surface area contributed by atoms with Gasteiger partial charge in [-0.2, -0.15) is 0 Å². The minimum atomic E-state index is -0.0550. The first-order valence-electron chi connectivity index (χ1n) is 10.1. The molecule has 0 aliphatic rings. The summed E-state index contributed by atoms with van der Waals surface area (Å²) in [6.45, 7) is 0.664. The van der Waals surface area contributed by atoms with Gasteiger partial charge < -0.3 is 18.9 Å². The zero-order chi connectivity index (χ0) is 21.4. The third-order valence-corrected chi connectivity index (χ3v) is 5.65. The van der Waals surface area contributed by atoms with Crippen molar-refractivity contribution in [3.63, 3.8) is 0 Å². The molecule has 0 fully saturated rings. The fourth-order valence-electron chi connectivity index (χ4n) is 4.07. The van der Waals surface area contributed by atoms with E-state index in [1.807, 2.05) is 77.4 Å². The lowest BCUT2D eigenvalue weighted by Gasteiger charge is -2.05. The van der Waals surface area contributed by atoms with Crippen LogP contribution in [0.1, 0.15) is 15.9 Å². The van der Waals surface area contributed by atoms with Gasteiger partial charge in [-0.15, -0.1) is 0 Å². The van der Waals surface area contributed by atoms with Crippen molar-refractivity contribution in [2.45, 2.75) is 13.1 Å². The zero-order valence-electron chi connectivity index (χ0n) is 17.1. The van der Waals surface area contributed by atoms with E-state index in [9.17, 15) is 4.79 Å². The van der Waals surface area contributed by atoms with Crippen molar-refractivity contribution in [1.82, 2.24) is 14.1 Å². The molecule has 0 saturated heterocycles. The van der Waals surface area contributed by atoms with Gasteiger partial charge in [-0.3, -0.25) is 10.2 Å². The highest BCUT2D eigenvalue weighted by Gasteiger charge is 2.17. The van der Waals surface area contributed by atoms with Crippen LogP contribution in [0.15, 0.2) is 79.0 Å². The van der Waals surface area contributed by atoms with E-state index in [1.54, 1.807) is 17.9 Å². The van der Waals surface area contributed by atoms with Gasteiger partial charge in [-0.05, 0) is 35.9 Å². The first-order chi connectivity index (χ1) is 15.2. The Balaban J connectivity index is 1.56. The predicted molar refractivity (Wildman–Crippen MR) is 121 cm³/mol. The van der Waals surface area contributed by atoms with Gasteiger partial charge in [-0.1, -0.05) is 42.5 Å². The molecule has 0 aliphatic carbocycles. The molecule has 0 atom stereocenters. The van der Waals surface area contributed by atoms with Gasteiger partial charge in [0.1, 0.15) is 5.75 Å². The molecule has 2 heterocycles. The number of H-pyrrole nitrogens is 1. The Bertz CT molecular complexity index is 1460. The molecule has 6 nitrogen and oxygen atoms in total. The van der Waals surface area contributed by atoms with E-state index in [0.717, 1.165) is 27.5 Å². The number of imidazole rings is 1. The molecule has 2 N–H and O–H groups in total. The number of methoxy groups -OCH3 is 1. The number of carbonyl (C=O) groups is 1. The topological polar surface area (TPSA) is 75.8 Å². The predicted octanol–water partition coefficient (Wildman–Crippen LogP) is 4.34. The van der Waals surface area contributed by atoms with Crippen molar-refractivity contribution in [2.75, 3.05) is 7.11 Å². The number of nitrogens with zero attached hydrogens (tertiary/aromatic N) is 2. The number of rotatable bonds is 6. The van der Waals surface area contributed by atoms with E-state index in [-0.39, 0.29) is 12.3 Å². The summed E-state index contributed by atoms with van der Waals surface area (Å²) in [7, 11) is 1.61. The molecule has 6 heteroatoms. The molecule has 154 valence electrons. The molecule has 0 saturated carbocycles. The molecule has 0 bridgehead atoms. The molecule has 31 heavy (non-hydrogen) atoms. The van der Waals surface area contributed by atoms with Gasteiger partial charge in [-0.25, -0.2) is 0 Å². The summed E-state index contributed by atoms with van der Waals surface area (Å²) >= 11 is 0. The van der Waals surface area contributed by atoms with Crippen LogP contribution in [0.25, 0.3) is 21.9 Å². The number of ketones is 1. The second-order valence-electron chi connectivity index (χ2n) is 7.51. The Hall–Kier alpha value is -4.06.